The average Bonchev–Trinajstić information content (AvgIpc) is 2.89. The van der Waals surface area contributed by atoms with Crippen LogP contribution in [0.2, 0.25) is 0 Å². The van der Waals surface area contributed by atoms with Gasteiger partial charge in [0, 0.05) is 31.7 Å². The molecule has 0 unspecified atom stereocenters. The van der Waals surface area contributed by atoms with E-state index < -0.39 is 0 Å². The van der Waals surface area contributed by atoms with Crippen LogP contribution >= 0.6 is 0 Å². The summed E-state index contributed by atoms with van der Waals surface area (Å²) in [5, 5.41) is 19.9. The molecule has 6 nitrogen and oxygen atoms in total. The number of rotatable bonds is 2. The number of phenols is 1. The summed E-state index contributed by atoms with van der Waals surface area (Å²) in [4.78, 5) is 6.60. The van der Waals surface area contributed by atoms with Crippen molar-refractivity contribution in [1.82, 2.24) is 20.5 Å². The molecule has 1 aliphatic rings. The fraction of sp³-hybridized carbons (Fsp3) is 0.333. The Morgan fingerprint density at radius 1 is 1.22 bits per heavy atom. The number of hydrogen-bond acceptors (Lipinski definition) is 5. The highest BCUT2D eigenvalue weighted by molar-refractivity contribution is 5.58. The summed E-state index contributed by atoms with van der Waals surface area (Å²) in [5.41, 5.74) is 0.837. The molecule has 2 heterocycles. The van der Waals surface area contributed by atoms with Crippen LogP contribution < -0.4 is 10.2 Å². The smallest absolute Gasteiger partial charge is 0.245 e. The highest BCUT2D eigenvalue weighted by Crippen LogP contribution is 2.21. The fourth-order valence-corrected chi connectivity index (χ4v) is 2.04. The lowest BCUT2D eigenvalue weighted by Gasteiger charge is -2.25. The van der Waals surface area contributed by atoms with E-state index in [2.05, 4.69) is 25.4 Å². The molecular formula is C12H15N5O. The van der Waals surface area contributed by atoms with E-state index in [-0.39, 0.29) is 5.75 Å². The van der Waals surface area contributed by atoms with Crippen LogP contribution in [0.3, 0.4) is 0 Å². The van der Waals surface area contributed by atoms with Crippen molar-refractivity contribution in [2.24, 2.45) is 0 Å². The molecule has 0 bridgehead atoms. The highest BCUT2D eigenvalue weighted by atomic mass is 16.3. The molecule has 2 aromatic rings. The Bertz CT molecular complexity index is 533. The minimum Gasteiger partial charge on any atom is -0.508 e. The second kappa shape index (κ2) is 4.66. The Kier molecular flexibility index (Phi) is 2.85. The standard InChI is InChI=1S/C12H15N5O/c18-10-3-1-2-9(8-10)11-14-12(16-15-11)17-6-4-13-5-7-17/h1-3,8,13,18H,4-7H2,(H,14,15,16). The molecule has 0 atom stereocenters. The Balaban J connectivity index is 1.84. The first-order chi connectivity index (χ1) is 8.83. The minimum atomic E-state index is 0.229. The number of aromatic nitrogens is 3. The number of anilines is 1. The maximum Gasteiger partial charge on any atom is 0.245 e. The normalized spacial score (nSPS) is 15.9. The Hall–Kier alpha value is -2.08. The van der Waals surface area contributed by atoms with Gasteiger partial charge in [-0.05, 0) is 12.1 Å². The number of aromatic hydroxyl groups is 1. The molecule has 18 heavy (non-hydrogen) atoms. The molecule has 0 saturated carbocycles. The zero-order valence-corrected chi connectivity index (χ0v) is 9.93. The molecule has 0 radical (unpaired) electrons. The second-order valence-electron chi connectivity index (χ2n) is 4.27. The van der Waals surface area contributed by atoms with Gasteiger partial charge in [0.1, 0.15) is 5.75 Å². The SMILES string of the molecule is Oc1cccc(-c2nc(N3CCNCC3)n[nH]2)c1. The van der Waals surface area contributed by atoms with Crippen molar-refractivity contribution in [3.63, 3.8) is 0 Å². The third-order valence-electron chi connectivity index (χ3n) is 2.99. The van der Waals surface area contributed by atoms with Crippen LogP contribution in [0.4, 0.5) is 5.95 Å². The number of hydrogen-bond donors (Lipinski definition) is 3. The topological polar surface area (TPSA) is 77.1 Å². The maximum atomic E-state index is 9.45. The summed E-state index contributed by atoms with van der Waals surface area (Å²) in [5.74, 6) is 1.63. The highest BCUT2D eigenvalue weighted by Gasteiger charge is 2.15. The largest absolute Gasteiger partial charge is 0.508 e. The van der Waals surface area contributed by atoms with E-state index in [1.807, 2.05) is 6.07 Å². The Morgan fingerprint density at radius 3 is 2.83 bits per heavy atom. The van der Waals surface area contributed by atoms with E-state index in [0.29, 0.717) is 5.82 Å². The van der Waals surface area contributed by atoms with Crippen LogP contribution in [0, 0.1) is 0 Å². The quantitative estimate of drug-likeness (QED) is 0.721. The lowest BCUT2D eigenvalue weighted by atomic mass is 10.2. The molecule has 1 fully saturated rings. The van der Waals surface area contributed by atoms with Crippen LogP contribution in [0.25, 0.3) is 11.4 Å². The van der Waals surface area contributed by atoms with Gasteiger partial charge in [0.05, 0.1) is 0 Å². The van der Waals surface area contributed by atoms with E-state index in [0.717, 1.165) is 37.7 Å². The maximum absolute atomic E-state index is 9.45. The molecule has 0 amide bonds. The average molecular weight is 245 g/mol. The number of nitrogens with one attached hydrogen (secondary N) is 2. The van der Waals surface area contributed by atoms with E-state index in [9.17, 15) is 5.11 Å². The van der Waals surface area contributed by atoms with Crippen molar-refractivity contribution in [2.45, 2.75) is 0 Å². The number of H-pyrrole nitrogens is 1. The minimum absolute atomic E-state index is 0.229. The van der Waals surface area contributed by atoms with Crippen molar-refractivity contribution in [3.05, 3.63) is 24.3 Å². The lowest BCUT2D eigenvalue weighted by Crippen LogP contribution is -2.44. The second-order valence-corrected chi connectivity index (χ2v) is 4.27. The van der Waals surface area contributed by atoms with Gasteiger partial charge in [-0.15, -0.1) is 5.10 Å². The van der Waals surface area contributed by atoms with Crippen LogP contribution in [0.15, 0.2) is 24.3 Å². The van der Waals surface area contributed by atoms with E-state index >= 15 is 0 Å². The van der Waals surface area contributed by atoms with Gasteiger partial charge in [-0.25, -0.2) is 0 Å². The first kappa shape index (κ1) is 11.0. The monoisotopic (exact) mass is 245 g/mol. The van der Waals surface area contributed by atoms with Crippen LogP contribution in [-0.4, -0.2) is 46.5 Å². The van der Waals surface area contributed by atoms with Gasteiger partial charge in [0.15, 0.2) is 5.82 Å². The fourth-order valence-electron chi connectivity index (χ4n) is 2.04. The predicted octanol–water partition coefficient (Wildman–Crippen LogP) is 0.587. The summed E-state index contributed by atoms with van der Waals surface area (Å²) in [6.45, 7) is 3.74. The number of nitrogens with zero attached hydrogens (tertiary/aromatic N) is 3. The van der Waals surface area contributed by atoms with Crippen molar-refractivity contribution >= 4 is 5.95 Å². The Morgan fingerprint density at radius 2 is 2.06 bits per heavy atom. The lowest BCUT2D eigenvalue weighted by molar-refractivity contribution is 0.475. The van der Waals surface area contributed by atoms with Gasteiger partial charge in [0.2, 0.25) is 5.95 Å². The Labute approximate surface area is 105 Å². The molecule has 0 aliphatic carbocycles. The van der Waals surface area contributed by atoms with Crippen molar-refractivity contribution in [1.29, 1.82) is 0 Å². The zero-order valence-electron chi connectivity index (χ0n) is 9.93. The van der Waals surface area contributed by atoms with Crippen LogP contribution in [0.1, 0.15) is 0 Å². The van der Waals surface area contributed by atoms with Gasteiger partial charge in [-0.1, -0.05) is 12.1 Å². The molecule has 0 spiro atoms. The van der Waals surface area contributed by atoms with Crippen LogP contribution in [0.5, 0.6) is 5.75 Å². The van der Waals surface area contributed by atoms with Gasteiger partial charge < -0.3 is 15.3 Å². The first-order valence-corrected chi connectivity index (χ1v) is 6.00. The molecule has 1 saturated heterocycles. The molecule has 6 heteroatoms. The summed E-state index contributed by atoms with van der Waals surface area (Å²) >= 11 is 0. The molecule has 1 aromatic carbocycles. The third-order valence-corrected chi connectivity index (χ3v) is 2.99. The number of benzene rings is 1. The van der Waals surface area contributed by atoms with Gasteiger partial charge in [0.25, 0.3) is 0 Å². The molecule has 1 aliphatic heterocycles. The summed E-state index contributed by atoms with van der Waals surface area (Å²) in [7, 11) is 0. The predicted molar refractivity (Wildman–Crippen MR) is 68.6 cm³/mol. The van der Waals surface area contributed by atoms with Crippen LogP contribution in [-0.2, 0) is 0 Å². The van der Waals surface area contributed by atoms with Crippen molar-refractivity contribution in [2.75, 3.05) is 31.1 Å². The summed E-state index contributed by atoms with van der Waals surface area (Å²) in [6, 6.07) is 6.98. The molecular weight excluding hydrogens is 230 g/mol. The molecule has 94 valence electrons. The summed E-state index contributed by atoms with van der Waals surface area (Å²) < 4.78 is 0. The van der Waals surface area contributed by atoms with Crippen molar-refractivity contribution < 1.29 is 5.11 Å². The van der Waals surface area contributed by atoms with Crippen molar-refractivity contribution in [3.8, 4) is 17.1 Å². The molecule has 1 aromatic heterocycles. The number of piperazine rings is 1. The van der Waals surface area contributed by atoms with Gasteiger partial charge in [-0.3, -0.25) is 5.10 Å². The molecule has 3 N–H and O–H groups in total. The number of aromatic amines is 1. The summed E-state index contributed by atoms with van der Waals surface area (Å²) in [6.07, 6.45) is 0. The third kappa shape index (κ3) is 2.14. The number of phenolic OH excluding ortho intramolecular Hbond substituents is 1. The molecule has 3 rings (SSSR count). The van der Waals surface area contributed by atoms with Gasteiger partial charge in [-0.2, -0.15) is 4.98 Å². The van der Waals surface area contributed by atoms with Gasteiger partial charge >= 0.3 is 0 Å². The zero-order chi connectivity index (χ0) is 12.4. The van der Waals surface area contributed by atoms with E-state index in [1.165, 1.54) is 0 Å². The van der Waals surface area contributed by atoms with E-state index in [1.54, 1.807) is 18.2 Å². The van der Waals surface area contributed by atoms with E-state index in [4.69, 9.17) is 0 Å². The first-order valence-electron chi connectivity index (χ1n) is 6.00.